The van der Waals surface area contributed by atoms with Gasteiger partial charge in [-0.25, -0.2) is 0 Å². The van der Waals surface area contributed by atoms with Crippen LogP contribution in [0, 0.1) is 5.92 Å². The molecule has 1 unspecified atom stereocenters. The van der Waals surface area contributed by atoms with Gasteiger partial charge < -0.3 is 19.5 Å². The SMILES string of the molecule is CN1CCCC(C(=O)NCCc2nnc3n2CCN(Cc2ccc4c(c2)CCO4)CC3)C1. The lowest BCUT2D eigenvalue weighted by molar-refractivity contribution is -0.126. The van der Waals surface area contributed by atoms with Gasteiger partial charge >= 0.3 is 0 Å². The molecule has 1 amide bonds. The van der Waals surface area contributed by atoms with Gasteiger partial charge in [0.25, 0.3) is 0 Å². The number of piperidine rings is 1. The number of hydrogen-bond donors (Lipinski definition) is 1. The van der Waals surface area contributed by atoms with Gasteiger partial charge in [0.1, 0.15) is 17.4 Å². The van der Waals surface area contributed by atoms with Crippen LogP contribution in [0.25, 0.3) is 0 Å². The first-order valence-corrected chi connectivity index (χ1v) is 12.0. The molecular formula is C24H34N6O2. The number of hydrogen-bond acceptors (Lipinski definition) is 6. The Morgan fingerprint density at radius 2 is 2.12 bits per heavy atom. The molecule has 0 aliphatic carbocycles. The zero-order valence-corrected chi connectivity index (χ0v) is 19.1. The van der Waals surface area contributed by atoms with E-state index in [2.05, 4.69) is 55.1 Å². The van der Waals surface area contributed by atoms with E-state index < -0.39 is 0 Å². The van der Waals surface area contributed by atoms with Crippen LogP contribution in [0.4, 0.5) is 0 Å². The minimum Gasteiger partial charge on any atom is -0.493 e. The number of amides is 1. The largest absolute Gasteiger partial charge is 0.493 e. The second-order valence-corrected chi connectivity index (χ2v) is 9.39. The van der Waals surface area contributed by atoms with Gasteiger partial charge in [0.05, 0.1) is 12.5 Å². The summed E-state index contributed by atoms with van der Waals surface area (Å²) in [7, 11) is 2.09. The van der Waals surface area contributed by atoms with E-state index in [9.17, 15) is 4.79 Å². The molecule has 1 fully saturated rings. The normalized spacial score (nSPS) is 21.5. The maximum Gasteiger partial charge on any atom is 0.224 e. The number of rotatable bonds is 6. The molecule has 1 aromatic heterocycles. The van der Waals surface area contributed by atoms with Crippen molar-refractivity contribution in [3.05, 3.63) is 41.0 Å². The minimum atomic E-state index is 0.114. The maximum absolute atomic E-state index is 12.5. The molecule has 5 rings (SSSR count). The lowest BCUT2D eigenvalue weighted by atomic mass is 9.97. The average molecular weight is 439 g/mol. The van der Waals surface area contributed by atoms with Gasteiger partial charge in [0.2, 0.25) is 5.91 Å². The van der Waals surface area contributed by atoms with Crippen molar-refractivity contribution in [3.63, 3.8) is 0 Å². The molecule has 0 spiro atoms. The summed E-state index contributed by atoms with van der Waals surface area (Å²) in [6.45, 7) is 7.19. The van der Waals surface area contributed by atoms with Crippen LogP contribution in [-0.2, 0) is 37.1 Å². The molecule has 1 N–H and O–H groups in total. The smallest absolute Gasteiger partial charge is 0.224 e. The predicted octanol–water partition coefficient (Wildman–Crippen LogP) is 1.27. The molecule has 2 aromatic rings. The highest BCUT2D eigenvalue weighted by Crippen LogP contribution is 2.26. The van der Waals surface area contributed by atoms with Crippen LogP contribution < -0.4 is 10.1 Å². The number of benzene rings is 1. The Kier molecular flexibility index (Phi) is 6.41. The van der Waals surface area contributed by atoms with Gasteiger partial charge in [-0.3, -0.25) is 9.69 Å². The molecule has 8 heteroatoms. The van der Waals surface area contributed by atoms with E-state index >= 15 is 0 Å². The third-order valence-corrected chi connectivity index (χ3v) is 7.00. The van der Waals surface area contributed by atoms with Crippen molar-refractivity contribution in [2.45, 2.75) is 45.2 Å². The van der Waals surface area contributed by atoms with Gasteiger partial charge in [0, 0.05) is 58.5 Å². The van der Waals surface area contributed by atoms with E-state index in [1.165, 1.54) is 11.1 Å². The molecule has 1 aromatic carbocycles. The first kappa shape index (κ1) is 21.4. The summed E-state index contributed by atoms with van der Waals surface area (Å²) in [6, 6.07) is 6.60. The van der Waals surface area contributed by atoms with E-state index in [1.807, 2.05) is 0 Å². The zero-order chi connectivity index (χ0) is 21.9. The summed E-state index contributed by atoms with van der Waals surface area (Å²) >= 11 is 0. The maximum atomic E-state index is 12.5. The van der Waals surface area contributed by atoms with Crippen molar-refractivity contribution in [3.8, 4) is 5.75 Å². The van der Waals surface area contributed by atoms with E-state index in [1.54, 1.807) is 0 Å². The summed E-state index contributed by atoms with van der Waals surface area (Å²) in [6.07, 6.45) is 4.74. The molecule has 1 atom stereocenters. The summed E-state index contributed by atoms with van der Waals surface area (Å²) in [5, 5.41) is 12.0. The number of nitrogens with one attached hydrogen (secondary N) is 1. The fourth-order valence-corrected chi connectivity index (χ4v) is 5.19. The molecule has 3 aliphatic rings. The summed E-state index contributed by atoms with van der Waals surface area (Å²) < 4.78 is 7.89. The first-order valence-electron chi connectivity index (χ1n) is 12.0. The quantitative estimate of drug-likeness (QED) is 0.732. The number of ether oxygens (including phenoxy) is 1. The van der Waals surface area contributed by atoms with Crippen LogP contribution in [0.15, 0.2) is 18.2 Å². The second kappa shape index (κ2) is 9.58. The number of carbonyl (C=O) groups is 1. The van der Waals surface area contributed by atoms with Crippen molar-refractivity contribution in [1.29, 1.82) is 0 Å². The van der Waals surface area contributed by atoms with Crippen LogP contribution in [0.3, 0.4) is 0 Å². The zero-order valence-electron chi connectivity index (χ0n) is 19.1. The van der Waals surface area contributed by atoms with Crippen LogP contribution in [-0.4, -0.2) is 76.8 Å². The van der Waals surface area contributed by atoms with Gasteiger partial charge in [-0.1, -0.05) is 12.1 Å². The monoisotopic (exact) mass is 438 g/mol. The van der Waals surface area contributed by atoms with Crippen molar-refractivity contribution >= 4 is 5.91 Å². The number of carbonyl (C=O) groups excluding carboxylic acids is 1. The predicted molar refractivity (Wildman–Crippen MR) is 122 cm³/mol. The van der Waals surface area contributed by atoms with Crippen molar-refractivity contribution in [2.24, 2.45) is 5.92 Å². The summed E-state index contributed by atoms with van der Waals surface area (Å²) in [5.74, 6) is 3.38. The molecule has 0 radical (unpaired) electrons. The van der Waals surface area contributed by atoms with E-state index in [0.29, 0.717) is 6.54 Å². The number of aromatic nitrogens is 3. The minimum absolute atomic E-state index is 0.114. The molecule has 32 heavy (non-hydrogen) atoms. The van der Waals surface area contributed by atoms with Crippen LogP contribution in [0.5, 0.6) is 5.75 Å². The molecule has 3 aliphatic heterocycles. The Hall–Kier alpha value is -2.45. The van der Waals surface area contributed by atoms with Gasteiger partial charge in [-0.15, -0.1) is 10.2 Å². The highest BCUT2D eigenvalue weighted by molar-refractivity contribution is 5.78. The molecule has 4 heterocycles. The van der Waals surface area contributed by atoms with Crippen molar-refractivity contribution in [1.82, 2.24) is 29.9 Å². The third-order valence-electron chi connectivity index (χ3n) is 7.00. The molecule has 1 saturated heterocycles. The Morgan fingerprint density at radius 1 is 1.19 bits per heavy atom. The number of nitrogens with zero attached hydrogens (tertiary/aromatic N) is 5. The molecule has 172 valence electrons. The standard InChI is InChI=1S/C24H34N6O2/c1-28-10-2-3-20(17-28)24(31)25-9-6-22-26-27-23-7-11-29(12-13-30(22)23)16-18-4-5-21-19(15-18)8-14-32-21/h4-5,15,20H,2-3,6-14,16-17H2,1H3,(H,25,31). The number of fused-ring (bicyclic) bond motifs is 2. The van der Waals surface area contributed by atoms with Crippen molar-refractivity contribution < 1.29 is 9.53 Å². The Labute approximate surface area is 189 Å². The fourth-order valence-electron chi connectivity index (χ4n) is 5.19. The van der Waals surface area contributed by atoms with E-state index in [-0.39, 0.29) is 11.8 Å². The Bertz CT molecular complexity index is 958. The van der Waals surface area contributed by atoms with Gasteiger partial charge in [-0.05, 0) is 43.6 Å². The molecule has 0 saturated carbocycles. The highest BCUT2D eigenvalue weighted by Gasteiger charge is 2.24. The average Bonchev–Trinajstić information content (AvgIpc) is 3.36. The lowest BCUT2D eigenvalue weighted by Crippen LogP contribution is -2.42. The second-order valence-electron chi connectivity index (χ2n) is 9.39. The fraction of sp³-hybridized carbons (Fsp3) is 0.625. The molecular weight excluding hydrogens is 404 g/mol. The summed E-state index contributed by atoms with van der Waals surface area (Å²) in [5.41, 5.74) is 2.68. The van der Waals surface area contributed by atoms with E-state index in [0.717, 1.165) is 95.4 Å². The topological polar surface area (TPSA) is 75.5 Å². The van der Waals surface area contributed by atoms with Gasteiger partial charge in [-0.2, -0.15) is 0 Å². The van der Waals surface area contributed by atoms with Crippen LogP contribution in [0.2, 0.25) is 0 Å². The molecule has 8 nitrogen and oxygen atoms in total. The Balaban J connectivity index is 1.13. The number of likely N-dealkylation sites (tertiary alicyclic amines) is 1. The van der Waals surface area contributed by atoms with Crippen molar-refractivity contribution in [2.75, 3.05) is 46.4 Å². The first-order chi connectivity index (χ1) is 15.7. The van der Waals surface area contributed by atoms with E-state index in [4.69, 9.17) is 4.74 Å². The summed E-state index contributed by atoms with van der Waals surface area (Å²) in [4.78, 5) is 17.2. The Morgan fingerprint density at radius 3 is 3.03 bits per heavy atom. The third kappa shape index (κ3) is 4.81. The molecule has 0 bridgehead atoms. The highest BCUT2D eigenvalue weighted by atomic mass is 16.5. The van der Waals surface area contributed by atoms with Crippen LogP contribution >= 0.6 is 0 Å². The van der Waals surface area contributed by atoms with Gasteiger partial charge in [0.15, 0.2) is 0 Å². The van der Waals surface area contributed by atoms with Crippen LogP contribution in [0.1, 0.15) is 35.6 Å². The lowest BCUT2D eigenvalue weighted by Gasteiger charge is -2.28.